The van der Waals surface area contributed by atoms with Crippen molar-refractivity contribution in [2.45, 2.75) is 24.5 Å². The van der Waals surface area contributed by atoms with Crippen LogP contribution in [0, 0.1) is 0 Å². The third-order valence-electron chi connectivity index (χ3n) is 3.31. The normalized spacial score (nSPS) is 30.6. The maximum atomic E-state index is 11.7. The molecule has 2 N–H and O–H groups in total. The van der Waals surface area contributed by atoms with Gasteiger partial charge in [0, 0.05) is 6.07 Å². The fraction of sp³-hybridized carbons (Fsp3) is 0.545. The summed E-state index contributed by atoms with van der Waals surface area (Å²) in [6, 6.07) is 0.881. The van der Waals surface area contributed by atoms with Crippen LogP contribution in [0.1, 0.15) is 16.7 Å². The van der Waals surface area contributed by atoms with Crippen molar-refractivity contribution >= 4 is 5.97 Å². The van der Waals surface area contributed by atoms with E-state index in [1.54, 1.807) is 0 Å². The fourth-order valence-corrected chi connectivity index (χ4v) is 2.39. The van der Waals surface area contributed by atoms with E-state index in [-0.39, 0.29) is 11.7 Å². The van der Waals surface area contributed by atoms with E-state index in [2.05, 4.69) is 9.72 Å². The van der Waals surface area contributed by atoms with Crippen molar-refractivity contribution in [1.29, 1.82) is 0 Å². The molecule has 108 valence electrons. The Kier molecular flexibility index (Phi) is 2.96. The second kappa shape index (κ2) is 4.54. The molecule has 9 nitrogen and oxygen atoms in total. The summed E-state index contributed by atoms with van der Waals surface area (Å²) in [5, 5.41) is 19.0. The van der Waals surface area contributed by atoms with E-state index in [4.69, 9.17) is 14.6 Å². The van der Waals surface area contributed by atoms with E-state index >= 15 is 0 Å². The Morgan fingerprint density at radius 1 is 1.60 bits per heavy atom. The number of aliphatic hydroxyl groups excluding tert-OH is 2. The van der Waals surface area contributed by atoms with Gasteiger partial charge in [0.1, 0.15) is 17.9 Å². The first-order valence-electron chi connectivity index (χ1n) is 5.89. The van der Waals surface area contributed by atoms with E-state index in [1.807, 2.05) is 0 Å². The number of ether oxygens (including phenoxy) is 3. The molecule has 1 aromatic heterocycles. The van der Waals surface area contributed by atoms with Crippen LogP contribution in [0.25, 0.3) is 0 Å². The number of nitrogens with zero attached hydrogens (tertiary/aromatic N) is 2. The third-order valence-corrected chi connectivity index (χ3v) is 3.31. The zero-order chi connectivity index (χ0) is 14.4. The van der Waals surface area contributed by atoms with Crippen LogP contribution in [-0.4, -0.2) is 57.8 Å². The lowest BCUT2D eigenvalue weighted by atomic mass is 10.1. The van der Waals surface area contributed by atoms with Crippen LogP contribution < -0.4 is 10.3 Å². The minimum atomic E-state index is -1.09. The van der Waals surface area contributed by atoms with E-state index in [0.29, 0.717) is 0 Å². The van der Waals surface area contributed by atoms with Crippen LogP contribution in [0.2, 0.25) is 0 Å². The van der Waals surface area contributed by atoms with Gasteiger partial charge in [0.25, 0.3) is 5.56 Å². The zero-order valence-electron chi connectivity index (χ0n) is 10.4. The average Bonchev–Trinajstić information content (AvgIpc) is 2.93. The molecule has 3 rings (SSSR count). The number of hydrogen-bond acceptors (Lipinski definition) is 8. The first kappa shape index (κ1) is 13.0. The van der Waals surface area contributed by atoms with Gasteiger partial charge in [-0.15, -0.1) is 0 Å². The van der Waals surface area contributed by atoms with Gasteiger partial charge >= 0.3 is 12.0 Å². The Labute approximate surface area is 112 Å². The molecule has 9 heteroatoms. The molecule has 4 atom stereocenters. The van der Waals surface area contributed by atoms with Crippen molar-refractivity contribution in [1.82, 2.24) is 9.55 Å². The molecule has 3 heterocycles. The minimum Gasteiger partial charge on any atom is -0.464 e. The number of carbonyl (C=O) groups excluding carboxylic acids is 1. The predicted octanol–water partition coefficient (Wildman–Crippen LogP) is -1.96. The first-order chi connectivity index (χ1) is 9.56. The van der Waals surface area contributed by atoms with Crippen LogP contribution in [0.3, 0.4) is 0 Å². The molecular weight excluding hydrogens is 272 g/mol. The zero-order valence-corrected chi connectivity index (χ0v) is 10.4. The van der Waals surface area contributed by atoms with Crippen molar-refractivity contribution < 1.29 is 29.2 Å². The van der Waals surface area contributed by atoms with Crippen LogP contribution in [0.15, 0.2) is 10.9 Å². The molecule has 0 aromatic carbocycles. The summed E-state index contributed by atoms with van der Waals surface area (Å²) in [4.78, 5) is 26.8. The average molecular weight is 284 g/mol. The van der Waals surface area contributed by atoms with Crippen molar-refractivity contribution in [2.24, 2.45) is 0 Å². The van der Waals surface area contributed by atoms with Gasteiger partial charge < -0.3 is 24.4 Å². The van der Waals surface area contributed by atoms with Crippen LogP contribution >= 0.6 is 0 Å². The highest BCUT2D eigenvalue weighted by molar-refractivity contribution is 5.87. The summed E-state index contributed by atoms with van der Waals surface area (Å²) >= 11 is 0. The SMILES string of the molecule is COC(=O)c1cc(=O)nc2n1[C@H]1O[C@@H](CO)[C@@H](O)[C@H]1O2. The summed E-state index contributed by atoms with van der Waals surface area (Å²) in [5.41, 5.74) is -0.745. The lowest BCUT2D eigenvalue weighted by Crippen LogP contribution is -2.34. The van der Waals surface area contributed by atoms with Crippen LogP contribution in [0.5, 0.6) is 6.01 Å². The monoisotopic (exact) mass is 284 g/mol. The van der Waals surface area contributed by atoms with Gasteiger partial charge in [-0.25, -0.2) is 4.79 Å². The number of methoxy groups -OCH3 is 1. The van der Waals surface area contributed by atoms with Crippen LogP contribution in [0.4, 0.5) is 0 Å². The molecule has 1 aromatic rings. The minimum absolute atomic E-state index is 0.0826. The molecule has 0 amide bonds. The lowest BCUT2D eigenvalue weighted by Gasteiger charge is -2.15. The molecule has 2 aliphatic heterocycles. The molecule has 0 radical (unpaired) electrons. The Bertz CT molecular complexity index is 613. The number of rotatable bonds is 2. The van der Waals surface area contributed by atoms with Gasteiger partial charge in [-0.1, -0.05) is 0 Å². The number of hydrogen-bond donors (Lipinski definition) is 2. The Morgan fingerprint density at radius 3 is 3.00 bits per heavy atom. The summed E-state index contributed by atoms with van der Waals surface area (Å²) in [7, 11) is 1.17. The molecule has 1 fully saturated rings. The molecular formula is C11H12N2O7. The van der Waals surface area contributed by atoms with Crippen molar-refractivity contribution in [2.75, 3.05) is 13.7 Å². The molecule has 0 bridgehead atoms. The van der Waals surface area contributed by atoms with Crippen molar-refractivity contribution in [3.05, 3.63) is 22.1 Å². The van der Waals surface area contributed by atoms with E-state index in [1.165, 1.54) is 11.7 Å². The summed E-state index contributed by atoms with van der Waals surface area (Å²) in [6.45, 7) is -0.395. The highest BCUT2D eigenvalue weighted by Gasteiger charge is 2.52. The van der Waals surface area contributed by atoms with Gasteiger partial charge in [0.15, 0.2) is 12.3 Å². The largest absolute Gasteiger partial charge is 0.464 e. The summed E-state index contributed by atoms with van der Waals surface area (Å²) in [6.07, 6.45) is -3.61. The topological polar surface area (TPSA) is 120 Å². The Hall–Kier alpha value is -1.97. The number of carbonyl (C=O) groups is 1. The van der Waals surface area contributed by atoms with Crippen LogP contribution in [-0.2, 0) is 9.47 Å². The molecule has 0 spiro atoms. The maximum Gasteiger partial charge on any atom is 0.355 e. The maximum absolute atomic E-state index is 11.7. The molecule has 0 aliphatic carbocycles. The second-order valence-corrected chi connectivity index (χ2v) is 4.44. The number of esters is 1. The molecule has 1 saturated heterocycles. The summed E-state index contributed by atoms with van der Waals surface area (Å²) < 4.78 is 16.6. The van der Waals surface area contributed by atoms with Crippen molar-refractivity contribution in [3.8, 4) is 6.01 Å². The number of fused-ring (bicyclic) bond motifs is 3. The van der Waals surface area contributed by atoms with Crippen molar-refractivity contribution in [3.63, 3.8) is 0 Å². The van der Waals surface area contributed by atoms with E-state index < -0.39 is 42.7 Å². The third kappa shape index (κ3) is 1.71. The molecule has 2 aliphatic rings. The van der Waals surface area contributed by atoms with Gasteiger partial charge in [0.2, 0.25) is 0 Å². The quantitative estimate of drug-likeness (QED) is 0.601. The highest BCUT2D eigenvalue weighted by atomic mass is 16.6. The second-order valence-electron chi connectivity index (χ2n) is 4.44. The number of aromatic nitrogens is 2. The number of aliphatic hydroxyl groups is 2. The van der Waals surface area contributed by atoms with Gasteiger partial charge in [-0.3, -0.25) is 9.36 Å². The Balaban J connectivity index is 2.09. The molecule has 20 heavy (non-hydrogen) atoms. The van der Waals surface area contributed by atoms with E-state index in [0.717, 1.165) is 6.07 Å². The molecule has 0 saturated carbocycles. The highest BCUT2D eigenvalue weighted by Crippen LogP contribution is 2.39. The van der Waals surface area contributed by atoms with E-state index in [9.17, 15) is 14.7 Å². The van der Waals surface area contributed by atoms with Gasteiger partial charge in [-0.05, 0) is 0 Å². The van der Waals surface area contributed by atoms with Gasteiger partial charge in [0.05, 0.1) is 13.7 Å². The molecule has 0 unspecified atom stereocenters. The lowest BCUT2D eigenvalue weighted by molar-refractivity contribution is -0.0443. The Morgan fingerprint density at radius 2 is 2.35 bits per heavy atom. The predicted molar refractivity (Wildman–Crippen MR) is 61.3 cm³/mol. The smallest absolute Gasteiger partial charge is 0.355 e. The first-order valence-corrected chi connectivity index (χ1v) is 5.89. The van der Waals surface area contributed by atoms with Gasteiger partial charge in [-0.2, -0.15) is 4.98 Å². The summed E-state index contributed by atoms with van der Waals surface area (Å²) in [5.74, 6) is -0.750. The fourth-order valence-electron chi connectivity index (χ4n) is 2.39. The standard InChI is InChI=1S/C11H12N2O7/c1-18-10(17)4-2-6(15)12-11-13(4)9-8(20-11)7(16)5(3-14)19-9/h2,5,7-9,14,16H,3H2,1H3/t5-,7+,8+,9-/m0/s1.